The van der Waals surface area contributed by atoms with Crippen LogP contribution in [0.2, 0.25) is 10.0 Å². The summed E-state index contributed by atoms with van der Waals surface area (Å²) in [6.07, 6.45) is 5.98. The number of aryl methyl sites for hydroxylation is 2. The third-order valence-corrected chi connectivity index (χ3v) is 4.76. The minimum atomic E-state index is 0.00960. The summed E-state index contributed by atoms with van der Waals surface area (Å²) in [7, 11) is 0. The topological polar surface area (TPSA) is 38.7 Å². The number of hydrogen-bond acceptors (Lipinski definition) is 3. The van der Waals surface area contributed by atoms with Gasteiger partial charge in [-0.15, -0.1) is 0 Å². The Morgan fingerprint density at radius 1 is 0.815 bits per heavy atom. The second-order valence-electron chi connectivity index (χ2n) is 6.61. The van der Waals surface area contributed by atoms with Gasteiger partial charge in [0.1, 0.15) is 17.2 Å². The minimum Gasteiger partial charge on any atom is -0.508 e. The van der Waals surface area contributed by atoms with E-state index in [9.17, 15) is 5.11 Å². The van der Waals surface area contributed by atoms with Gasteiger partial charge in [0.15, 0.2) is 5.75 Å². The number of phenolic OH excluding ortho intramolecular Hbond substituents is 1. The molecule has 0 heterocycles. The summed E-state index contributed by atoms with van der Waals surface area (Å²) in [5, 5.41) is 10.2. The molecule has 0 fully saturated rings. The maximum atomic E-state index is 9.61. The van der Waals surface area contributed by atoms with Crippen LogP contribution in [0.4, 0.5) is 0 Å². The summed E-state index contributed by atoms with van der Waals surface area (Å²) in [5.74, 6) is 2.03. The predicted molar refractivity (Wildman–Crippen MR) is 113 cm³/mol. The number of ether oxygens (including phenoxy) is 2. The summed E-state index contributed by atoms with van der Waals surface area (Å²) in [6.45, 7) is 7.18. The monoisotopic (exact) mass is 410 g/mol. The molecule has 0 amide bonds. The number of aromatic hydroxyl groups is 1. The SMILES string of the molecule is CCCCOc1c(CCC)cc(Oc2c(Cl)cc(O)cc2Cl)cc1CCC. The molecule has 0 aliphatic heterocycles. The Morgan fingerprint density at radius 2 is 1.37 bits per heavy atom. The van der Waals surface area contributed by atoms with E-state index in [0.717, 1.165) is 62.0 Å². The summed E-state index contributed by atoms with van der Waals surface area (Å²) in [6, 6.07) is 6.85. The van der Waals surface area contributed by atoms with E-state index in [2.05, 4.69) is 20.8 Å². The Hall–Kier alpha value is -1.58. The first-order chi connectivity index (χ1) is 13.0. The lowest BCUT2D eigenvalue weighted by molar-refractivity contribution is 0.302. The molecule has 0 saturated carbocycles. The van der Waals surface area contributed by atoms with E-state index in [1.165, 1.54) is 12.1 Å². The van der Waals surface area contributed by atoms with Crippen LogP contribution in [0.5, 0.6) is 23.0 Å². The fraction of sp³-hybridized carbons (Fsp3) is 0.455. The number of rotatable bonds is 10. The van der Waals surface area contributed by atoms with Crippen molar-refractivity contribution in [3.8, 4) is 23.0 Å². The van der Waals surface area contributed by atoms with Gasteiger partial charge in [-0.05, 0) is 42.5 Å². The zero-order valence-electron chi connectivity index (χ0n) is 16.3. The molecule has 27 heavy (non-hydrogen) atoms. The van der Waals surface area contributed by atoms with Crippen LogP contribution in [0, 0.1) is 0 Å². The maximum Gasteiger partial charge on any atom is 0.164 e. The van der Waals surface area contributed by atoms with Gasteiger partial charge >= 0.3 is 0 Å². The van der Waals surface area contributed by atoms with Gasteiger partial charge in [0.05, 0.1) is 16.7 Å². The van der Waals surface area contributed by atoms with E-state index < -0.39 is 0 Å². The molecule has 1 N–H and O–H groups in total. The van der Waals surface area contributed by atoms with Crippen LogP contribution in [0.1, 0.15) is 57.6 Å². The van der Waals surface area contributed by atoms with Crippen molar-refractivity contribution in [1.82, 2.24) is 0 Å². The van der Waals surface area contributed by atoms with Crippen LogP contribution < -0.4 is 9.47 Å². The Labute approximate surface area is 172 Å². The third kappa shape index (κ3) is 5.95. The molecule has 0 aliphatic carbocycles. The number of benzene rings is 2. The van der Waals surface area contributed by atoms with Crippen molar-refractivity contribution in [1.29, 1.82) is 0 Å². The summed E-state index contributed by atoms with van der Waals surface area (Å²) in [5.41, 5.74) is 2.28. The molecule has 0 bridgehead atoms. The zero-order valence-corrected chi connectivity index (χ0v) is 17.8. The lowest BCUT2D eigenvalue weighted by Gasteiger charge is -2.18. The Balaban J connectivity index is 2.42. The molecule has 0 atom stereocenters. The van der Waals surface area contributed by atoms with Crippen molar-refractivity contribution in [2.75, 3.05) is 6.61 Å². The van der Waals surface area contributed by atoms with Gasteiger partial charge < -0.3 is 14.6 Å². The second-order valence-corrected chi connectivity index (χ2v) is 7.43. The Morgan fingerprint density at radius 3 is 1.85 bits per heavy atom. The van der Waals surface area contributed by atoms with Crippen molar-refractivity contribution in [3.05, 3.63) is 45.4 Å². The number of phenols is 1. The highest BCUT2D eigenvalue weighted by Crippen LogP contribution is 2.41. The molecule has 5 heteroatoms. The number of halogens is 2. The van der Waals surface area contributed by atoms with Crippen LogP contribution in [-0.2, 0) is 12.8 Å². The highest BCUT2D eigenvalue weighted by molar-refractivity contribution is 6.37. The molecule has 2 rings (SSSR count). The van der Waals surface area contributed by atoms with E-state index in [1.807, 2.05) is 12.1 Å². The van der Waals surface area contributed by atoms with E-state index in [0.29, 0.717) is 11.5 Å². The van der Waals surface area contributed by atoms with E-state index in [1.54, 1.807) is 0 Å². The standard InChI is InChI=1S/C22H28Cl2O3/c1-4-7-10-26-21-15(8-5-2)11-18(12-16(21)9-6-3)27-22-19(23)13-17(25)14-20(22)24/h11-14,25H,4-10H2,1-3H3. The first-order valence-electron chi connectivity index (χ1n) is 9.64. The van der Waals surface area contributed by atoms with Gasteiger partial charge in [0.2, 0.25) is 0 Å². The van der Waals surface area contributed by atoms with Gasteiger partial charge in [-0.1, -0.05) is 63.2 Å². The van der Waals surface area contributed by atoms with Gasteiger partial charge in [-0.2, -0.15) is 0 Å². The van der Waals surface area contributed by atoms with Crippen LogP contribution in [0.25, 0.3) is 0 Å². The van der Waals surface area contributed by atoms with Crippen LogP contribution in [0.3, 0.4) is 0 Å². The second kappa shape index (κ2) is 10.7. The van der Waals surface area contributed by atoms with E-state index in [-0.39, 0.29) is 15.8 Å². The Bertz CT molecular complexity index is 709. The van der Waals surface area contributed by atoms with E-state index >= 15 is 0 Å². The van der Waals surface area contributed by atoms with Crippen molar-refractivity contribution in [2.24, 2.45) is 0 Å². The molecule has 3 nitrogen and oxygen atoms in total. The molecule has 2 aromatic rings. The quantitative estimate of drug-likeness (QED) is 0.410. The highest BCUT2D eigenvalue weighted by atomic mass is 35.5. The van der Waals surface area contributed by atoms with Crippen molar-refractivity contribution < 1.29 is 14.6 Å². The van der Waals surface area contributed by atoms with E-state index in [4.69, 9.17) is 32.7 Å². The maximum absolute atomic E-state index is 9.61. The average molecular weight is 411 g/mol. The fourth-order valence-corrected chi connectivity index (χ4v) is 3.51. The summed E-state index contributed by atoms with van der Waals surface area (Å²) < 4.78 is 12.2. The van der Waals surface area contributed by atoms with Gasteiger partial charge in [-0.3, -0.25) is 0 Å². The van der Waals surface area contributed by atoms with Crippen molar-refractivity contribution in [3.63, 3.8) is 0 Å². The molecule has 0 saturated heterocycles. The molecule has 0 spiro atoms. The third-order valence-electron chi connectivity index (χ3n) is 4.20. The average Bonchev–Trinajstić information content (AvgIpc) is 2.61. The lowest BCUT2D eigenvalue weighted by atomic mass is 10.0. The molecule has 0 aromatic heterocycles. The molecule has 148 valence electrons. The molecule has 2 aromatic carbocycles. The summed E-state index contributed by atoms with van der Waals surface area (Å²) >= 11 is 12.4. The smallest absolute Gasteiger partial charge is 0.164 e. The predicted octanol–water partition coefficient (Wildman–Crippen LogP) is 7.58. The molecule has 0 aliphatic rings. The minimum absolute atomic E-state index is 0.00960. The molecular formula is C22H28Cl2O3. The normalized spacial score (nSPS) is 10.9. The van der Waals surface area contributed by atoms with Gasteiger partial charge in [-0.25, -0.2) is 0 Å². The van der Waals surface area contributed by atoms with Crippen molar-refractivity contribution in [2.45, 2.75) is 59.3 Å². The largest absolute Gasteiger partial charge is 0.508 e. The molecule has 0 unspecified atom stereocenters. The van der Waals surface area contributed by atoms with Crippen LogP contribution in [-0.4, -0.2) is 11.7 Å². The van der Waals surface area contributed by atoms with Crippen LogP contribution >= 0.6 is 23.2 Å². The number of hydrogen-bond donors (Lipinski definition) is 1. The lowest BCUT2D eigenvalue weighted by Crippen LogP contribution is -2.04. The van der Waals surface area contributed by atoms with Gasteiger partial charge in [0.25, 0.3) is 0 Å². The van der Waals surface area contributed by atoms with Gasteiger partial charge in [0, 0.05) is 12.1 Å². The molecule has 0 radical (unpaired) electrons. The summed E-state index contributed by atoms with van der Waals surface area (Å²) in [4.78, 5) is 0. The fourth-order valence-electron chi connectivity index (χ4n) is 2.96. The Kier molecular flexibility index (Phi) is 8.59. The first-order valence-corrected chi connectivity index (χ1v) is 10.4. The molecular weight excluding hydrogens is 383 g/mol. The van der Waals surface area contributed by atoms with Crippen LogP contribution in [0.15, 0.2) is 24.3 Å². The highest BCUT2D eigenvalue weighted by Gasteiger charge is 2.16. The first kappa shape index (κ1) is 21.7. The van der Waals surface area contributed by atoms with Crippen molar-refractivity contribution >= 4 is 23.2 Å². The number of unbranched alkanes of at least 4 members (excludes halogenated alkanes) is 1. The zero-order chi connectivity index (χ0) is 19.8.